The Balaban J connectivity index is 1.93. The molecule has 0 radical (unpaired) electrons. The van der Waals surface area contributed by atoms with E-state index in [1.807, 2.05) is 0 Å². The van der Waals surface area contributed by atoms with Crippen LogP contribution in [0.1, 0.15) is 31.4 Å². The van der Waals surface area contributed by atoms with E-state index in [1.165, 1.54) is 36.0 Å². The van der Waals surface area contributed by atoms with Crippen LogP contribution in [0.4, 0.5) is 0 Å². The molecule has 1 aromatic carbocycles. The van der Waals surface area contributed by atoms with Crippen LogP contribution in [0.2, 0.25) is 0 Å². The third-order valence-electron chi connectivity index (χ3n) is 3.58. The number of benzene rings is 1. The first-order valence-electron chi connectivity index (χ1n) is 6.36. The van der Waals surface area contributed by atoms with Gasteiger partial charge < -0.3 is 10.2 Å². The zero-order valence-corrected chi connectivity index (χ0v) is 12.2. The topological polar surface area (TPSA) is 15.3 Å². The van der Waals surface area contributed by atoms with E-state index in [4.69, 9.17) is 0 Å². The van der Waals surface area contributed by atoms with Crippen molar-refractivity contribution in [2.24, 2.45) is 0 Å². The van der Waals surface area contributed by atoms with E-state index in [1.54, 1.807) is 0 Å². The first-order valence-corrected chi connectivity index (χ1v) is 7.15. The lowest BCUT2D eigenvalue weighted by molar-refractivity contribution is 0.226. The highest BCUT2D eigenvalue weighted by molar-refractivity contribution is 9.10. The highest BCUT2D eigenvalue weighted by Gasteiger charge is 2.19. The molecule has 0 aromatic heterocycles. The molecule has 0 saturated carbocycles. The molecule has 17 heavy (non-hydrogen) atoms. The first-order chi connectivity index (χ1) is 8.16. The molecule has 0 spiro atoms. The SMILES string of the molecule is CC(NC1CCN(C)CC1)c1ccccc1Br. The summed E-state index contributed by atoms with van der Waals surface area (Å²) in [5, 5.41) is 3.74. The third kappa shape index (κ3) is 3.54. The van der Waals surface area contributed by atoms with Gasteiger partial charge in [-0.25, -0.2) is 0 Å². The van der Waals surface area contributed by atoms with Gasteiger partial charge in [-0.3, -0.25) is 0 Å². The summed E-state index contributed by atoms with van der Waals surface area (Å²) in [7, 11) is 2.20. The summed E-state index contributed by atoms with van der Waals surface area (Å²) in [6, 6.07) is 9.55. The molecular formula is C14H21BrN2. The van der Waals surface area contributed by atoms with Gasteiger partial charge in [0.05, 0.1) is 0 Å². The molecule has 94 valence electrons. The Labute approximate surface area is 113 Å². The highest BCUT2D eigenvalue weighted by atomic mass is 79.9. The molecular weight excluding hydrogens is 276 g/mol. The number of rotatable bonds is 3. The van der Waals surface area contributed by atoms with Crippen LogP contribution >= 0.6 is 15.9 Å². The minimum atomic E-state index is 0.416. The molecule has 2 rings (SSSR count). The molecule has 1 N–H and O–H groups in total. The number of hydrogen-bond acceptors (Lipinski definition) is 2. The number of likely N-dealkylation sites (tertiary alicyclic amines) is 1. The van der Waals surface area contributed by atoms with Gasteiger partial charge in [-0.1, -0.05) is 34.1 Å². The molecule has 1 aliphatic rings. The van der Waals surface area contributed by atoms with E-state index >= 15 is 0 Å². The van der Waals surface area contributed by atoms with Gasteiger partial charge in [-0.05, 0) is 51.5 Å². The molecule has 2 nitrogen and oxygen atoms in total. The standard InChI is InChI=1S/C14H21BrN2/c1-11(13-5-3-4-6-14(13)15)16-12-7-9-17(2)10-8-12/h3-6,11-12,16H,7-10H2,1-2H3. The van der Waals surface area contributed by atoms with Gasteiger partial charge in [-0.15, -0.1) is 0 Å². The summed E-state index contributed by atoms with van der Waals surface area (Å²) >= 11 is 3.62. The van der Waals surface area contributed by atoms with Crippen molar-refractivity contribution in [2.75, 3.05) is 20.1 Å². The number of nitrogens with one attached hydrogen (secondary N) is 1. The van der Waals surface area contributed by atoms with Crippen molar-refractivity contribution in [2.45, 2.75) is 31.8 Å². The van der Waals surface area contributed by atoms with Gasteiger partial charge >= 0.3 is 0 Å². The monoisotopic (exact) mass is 296 g/mol. The molecule has 3 heteroatoms. The Bertz CT molecular complexity index is 359. The van der Waals surface area contributed by atoms with E-state index in [2.05, 4.69) is 64.4 Å². The Morgan fingerprint density at radius 3 is 2.59 bits per heavy atom. The largest absolute Gasteiger partial charge is 0.307 e. The first kappa shape index (κ1) is 13.1. The lowest BCUT2D eigenvalue weighted by Gasteiger charge is -2.32. The maximum Gasteiger partial charge on any atom is 0.0305 e. The summed E-state index contributed by atoms with van der Waals surface area (Å²) in [4.78, 5) is 2.40. The smallest absolute Gasteiger partial charge is 0.0305 e. The van der Waals surface area contributed by atoms with Crippen LogP contribution in [-0.4, -0.2) is 31.1 Å². The average molecular weight is 297 g/mol. The van der Waals surface area contributed by atoms with Gasteiger partial charge in [-0.2, -0.15) is 0 Å². The second-order valence-corrected chi connectivity index (χ2v) is 5.84. The summed E-state index contributed by atoms with van der Waals surface area (Å²) < 4.78 is 1.20. The Hall–Kier alpha value is -0.380. The predicted octanol–water partition coefficient (Wildman–Crippen LogP) is 3.19. The maximum atomic E-state index is 3.74. The molecule has 1 heterocycles. The van der Waals surface area contributed by atoms with Crippen LogP contribution in [0.15, 0.2) is 28.7 Å². The third-order valence-corrected chi connectivity index (χ3v) is 4.30. The van der Waals surface area contributed by atoms with E-state index in [0.717, 1.165) is 0 Å². The fourth-order valence-electron chi connectivity index (χ4n) is 2.44. The summed E-state index contributed by atoms with van der Waals surface area (Å²) in [6.45, 7) is 4.67. The second-order valence-electron chi connectivity index (χ2n) is 4.99. The van der Waals surface area contributed by atoms with Crippen molar-refractivity contribution in [3.8, 4) is 0 Å². The van der Waals surface area contributed by atoms with Crippen LogP contribution in [0.25, 0.3) is 0 Å². The van der Waals surface area contributed by atoms with E-state index in [9.17, 15) is 0 Å². The second kappa shape index (κ2) is 5.98. The fraction of sp³-hybridized carbons (Fsp3) is 0.571. The zero-order valence-electron chi connectivity index (χ0n) is 10.6. The van der Waals surface area contributed by atoms with Crippen LogP contribution in [0.5, 0.6) is 0 Å². The van der Waals surface area contributed by atoms with Gasteiger partial charge in [0.15, 0.2) is 0 Å². The van der Waals surface area contributed by atoms with Gasteiger partial charge in [0.25, 0.3) is 0 Å². The molecule has 0 aliphatic carbocycles. The number of nitrogens with zero attached hydrogens (tertiary/aromatic N) is 1. The minimum Gasteiger partial charge on any atom is -0.307 e. The molecule has 1 fully saturated rings. The van der Waals surface area contributed by atoms with E-state index in [0.29, 0.717) is 12.1 Å². The van der Waals surface area contributed by atoms with Crippen molar-refractivity contribution in [3.05, 3.63) is 34.3 Å². The van der Waals surface area contributed by atoms with Gasteiger partial charge in [0, 0.05) is 16.6 Å². The normalized spacial score (nSPS) is 20.4. The number of piperidine rings is 1. The van der Waals surface area contributed by atoms with Crippen molar-refractivity contribution in [3.63, 3.8) is 0 Å². The molecule has 1 aliphatic heterocycles. The summed E-state index contributed by atoms with van der Waals surface area (Å²) in [5.41, 5.74) is 1.35. The highest BCUT2D eigenvalue weighted by Crippen LogP contribution is 2.24. The number of hydrogen-bond donors (Lipinski definition) is 1. The van der Waals surface area contributed by atoms with Crippen LogP contribution in [0.3, 0.4) is 0 Å². The Kier molecular flexibility index (Phi) is 4.60. The average Bonchev–Trinajstić information content (AvgIpc) is 2.32. The zero-order chi connectivity index (χ0) is 12.3. The lowest BCUT2D eigenvalue weighted by Crippen LogP contribution is -2.41. The van der Waals surface area contributed by atoms with Crippen molar-refractivity contribution < 1.29 is 0 Å². The predicted molar refractivity (Wildman–Crippen MR) is 76.2 cm³/mol. The minimum absolute atomic E-state index is 0.416. The van der Waals surface area contributed by atoms with Gasteiger partial charge in [0.1, 0.15) is 0 Å². The summed E-state index contributed by atoms with van der Waals surface area (Å²) in [5.74, 6) is 0. The van der Waals surface area contributed by atoms with Crippen molar-refractivity contribution in [1.29, 1.82) is 0 Å². The van der Waals surface area contributed by atoms with Crippen molar-refractivity contribution >= 4 is 15.9 Å². The molecule has 1 unspecified atom stereocenters. The lowest BCUT2D eigenvalue weighted by atomic mass is 10.0. The quantitative estimate of drug-likeness (QED) is 0.921. The summed E-state index contributed by atoms with van der Waals surface area (Å²) in [6.07, 6.45) is 2.51. The Morgan fingerprint density at radius 2 is 1.94 bits per heavy atom. The van der Waals surface area contributed by atoms with Crippen molar-refractivity contribution in [1.82, 2.24) is 10.2 Å². The van der Waals surface area contributed by atoms with E-state index in [-0.39, 0.29) is 0 Å². The van der Waals surface area contributed by atoms with Crippen LogP contribution in [-0.2, 0) is 0 Å². The molecule has 0 amide bonds. The van der Waals surface area contributed by atoms with E-state index < -0.39 is 0 Å². The Morgan fingerprint density at radius 1 is 1.29 bits per heavy atom. The number of halogens is 1. The molecule has 1 aromatic rings. The van der Waals surface area contributed by atoms with Crippen LogP contribution in [0, 0.1) is 0 Å². The molecule has 1 atom stereocenters. The molecule has 1 saturated heterocycles. The van der Waals surface area contributed by atoms with Crippen LogP contribution < -0.4 is 5.32 Å². The maximum absolute atomic E-state index is 3.74. The van der Waals surface area contributed by atoms with Gasteiger partial charge in [0.2, 0.25) is 0 Å². The fourth-order valence-corrected chi connectivity index (χ4v) is 3.07. The molecule has 0 bridgehead atoms.